The first-order valence-corrected chi connectivity index (χ1v) is 15.8. The highest BCUT2D eigenvalue weighted by Gasteiger charge is 2.51. The quantitative estimate of drug-likeness (QED) is 0.0999. The molecule has 2 heterocycles. The summed E-state index contributed by atoms with van der Waals surface area (Å²) in [6.45, 7) is 2.69. The van der Waals surface area contributed by atoms with Gasteiger partial charge in [-0.1, -0.05) is 38.1 Å². The lowest BCUT2D eigenvalue weighted by Crippen LogP contribution is -2.62. The number of hydrogen-bond donors (Lipinski definition) is 7. The van der Waals surface area contributed by atoms with Gasteiger partial charge in [-0.2, -0.15) is 0 Å². The summed E-state index contributed by atoms with van der Waals surface area (Å²) in [6.07, 6.45) is -15.6. The lowest BCUT2D eigenvalue weighted by molar-refractivity contribution is -0.285. The number of phenolic OH excluding ortho intramolecular Hbond substituents is 1. The molecule has 2 aliphatic heterocycles. The minimum atomic E-state index is -1.70. The summed E-state index contributed by atoms with van der Waals surface area (Å²) in [7, 11) is 0. The number of ether oxygens (including phenoxy) is 7. The van der Waals surface area contributed by atoms with Crippen molar-refractivity contribution in [1.82, 2.24) is 0 Å². The monoisotopic (exact) mass is 710 g/mol. The minimum absolute atomic E-state index is 0.0363. The molecule has 10 unspecified atom stereocenters. The van der Waals surface area contributed by atoms with Crippen molar-refractivity contribution in [2.45, 2.75) is 95.2 Å². The van der Waals surface area contributed by atoms with Crippen LogP contribution in [0.5, 0.6) is 17.2 Å². The number of aliphatic hydroxyl groups is 6. The molecule has 2 aliphatic rings. The van der Waals surface area contributed by atoms with Crippen molar-refractivity contribution < 1.29 is 83.3 Å². The van der Waals surface area contributed by atoms with Crippen molar-refractivity contribution in [2.75, 3.05) is 13.2 Å². The molecule has 0 aromatic heterocycles. The lowest BCUT2D eigenvalue weighted by Gasteiger charge is -2.42. The van der Waals surface area contributed by atoms with Gasteiger partial charge in [-0.05, 0) is 24.1 Å². The van der Waals surface area contributed by atoms with Crippen LogP contribution in [0, 0.1) is 5.92 Å². The zero-order valence-corrected chi connectivity index (χ0v) is 27.4. The first kappa shape index (κ1) is 38.7. The summed E-state index contributed by atoms with van der Waals surface area (Å²) in [5.74, 6) is -3.67. The molecule has 10 atom stereocenters. The summed E-state index contributed by atoms with van der Waals surface area (Å²) in [5, 5.41) is 71.5. The van der Waals surface area contributed by atoms with Gasteiger partial charge >= 0.3 is 17.9 Å². The highest BCUT2D eigenvalue weighted by atomic mass is 16.7. The Balaban J connectivity index is 1.55. The Hall–Kier alpha value is -4.07. The van der Waals surface area contributed by atoms with Crippen molar-refractivity contribution in [3.05, 3.63) is 53.6 Å². The predicted molar refractivity (Wildman–Crippen MR) is 165 cm³/mol. The zero-order chi connectivity index (χ0) is 36.7. The molecule has 17 nitrogen and oxygen atoms in total. The average Bonchev–Trinajstić information content (AvgIpc) is 3.06. The summed E-state index contributed by atoms with van der Waals surface area (Å²) in [4.78, 5) is 38.1. The van der Waals surface area contributed by atoms with E-state index in [1.165, 1.54) is 30.3 Å². The van der Waals surface area contributed by atoms with E-state index in [4.69, 9.17) is 33.2 Å². The van der Waals surface area contributed by atoms with Crippen molar-refractivity contribution in [1.29, 1.82) is 0 Å². The smallest absolute Gasteiger partial charge is 0.346 e. The molecular weight excluding hydrogens is 668 g/mol. The molecule has 2 aromatic rings. The molecule has 2 aromatic carbocycles. The van der Waals surface area contributed by atoms with Gasteiger partial charge in [-0.15, -0.1) is 0 Å². The molecular formula is C33H42O17. The summed E-state index contributed by atoms with van der Waals surface area (Å²) in [5.41, 5.74) is -0.253. The van der Waals surface area contributed by atoms with Crippen molar-refractivity contribution in [3.8, 4) is 17.2 Å². The number of aromatic hydroxyl groups is 1. The fourth-order valence-electron chi connectivity index (χ4n) is 5.31. The number of phenols is 1. The van der Waals surface area contributed by atoms with Crippen LogP contribution in [0.2, 0.25) is 0 Å². The number of carbonyl (C=O) groups excluding carboxylic acids is 3. The molecule has 50 heavy (non-hydrogen) atoms. The van der Waals surface area contributed by atoms with Crippen molar-refractivity contribution in [2.24, 2.45) is 5.92 Å². The molecule has 0 amide bonds. The van der Waals surface area contributed by atoms with Gasteiger partial charge in [-0.25, -0.2) is 4.79 Å². The molecule has 0 bridgehead atoms. The third-order valence-corrected chi connectivity index (χ3v) is 7.82. The van der Waals surface area contributed by atoms with Crippen LogP contribution in [0.25, 0.3) is 0 Å². The maximum Gasteiger partial charge on any atom is 0.346 e. The van der Waals surface area contributed by atoms with Gasteiger partial charge in [0.25, 0.3) is 0 Å². The van der Waals surface area contributed by atoms with Gasteiger partial charge in [-0.3, -0.25) is 9.59 Å². The van der Waals surface area contributed by atoms with E-state index in [2.05, 4.69) is 0 Å². The van der Waals surface area contributed by atoms with Crippen molar-refractivity contribution >= 4 is 17.9 Å². The van der Waals surface area contributed by atoms with E-state index in [0.717, 1.165) is 6.92 Å². The summed E-state index contributed by atoms with van der Waals surface area (Å²) < 4.78 is 38.9. The zero-order valence-electron chi connectivity index (χ0n) is 27.4. The maximum absolute atomic E-state index is 13.4. The van der Waals surface area contributed by atoms with Crippen LogP contribution in [0.3, 0.4) is 0 Å². The average molecular weight is 711 g/mol. The molecule has 2 fully saturated rings. The van der Waals surface area contributed by atoms with Crippen LogP contribution in [-0.4, -0.2) is 128 Å². The molecule has 0 radical (unpaired) electrons. The van der Waals surface area contributed by atoms with Crippen molar-refractivity contribution in [3.63, 3.8) is 0 Å². The standard InChI is InChI=1S/C33H42O17/c1-15(2)11-23(38)50-29-26(40)22(13-35)49-33(30(29)45-16(3)36)47-20-10-6-8-18(37)24(20)31(43)44-14-17-7-4-5-9-19(17)46-32-28(42)27(41)25(39)21(12-34)48-32/h4-10,15,21-22,25-30,32-35,37,39-42H,11-14H2,1-3H3. The van der Waals surface area contributed by atoms with Gasteiger partial charge in [0.2, 0.25) is 18.7 Å². The first-order valence-electron chi connectivity index (χ1n) is 15.8. The minimum Gasteiger partial charge on any atom is -0.507 e. The number of carbonyl (C=O) groups is 3. The molecule has 2 saturated heterocycles. The SMILES string of the molecule is CC(=O)OC1C(Oc2cccc(O)c2C(=O)OCc2ccccc2OC2OC(CO)C(O)C(O)C2O)OC(CO)C(O)C1OC(=O)CC(C)C. The third-order valence-electron chi connectivity index (χ3n) is 7.82. The second-order valence-electron chi connectivity index (χ2n) is 12.1. The lowest BCUT2D eigenvalue weighted by atomic mass is 9.98. The second kappa shape index (κ2) is 17.2. The van der Waals surface area contributed by atoms with Crippen LogP contribution in [0.1, 0.15) is 43.1 Å². The number of esters is 3. The van der Waals surface area contributed by atoms with Crippen LogP contribution < -0.4 is 9.47 Å². The van der Waals surface area contributed by atoms with Crippen LogP contribution in [0.15, 0.2) is 42.5 Å². The van der Waals surface area contributed by atoms with E-state index < -0.39 is 110 Å². The Morgan fingerprint density at radius 1 is 0.760 bits per heavy atom. The van der Waals surface area contributed by atoms with Crippen LogP contribution in [0.4, 0.5) is 0 Å². The Kier molecular flexibility index (Phi) is 13.3. The molecule has 0 saturated carbocycles. The Labute approximate surface area is 286 Å². The van der Waals surface area contributed by atoms with E-state index in [0.29, 0.717) is 0 Å². The number of para-hydroxylation sites is 1. The molecule has 0 spiro atoms. The Morgan fingerprint density at radius 2 is 1.38 bits per heavy atom. The predicted octanol–water partition coefficient (Wildman–Crippen LogP) is -0.726. The number of aliphatic hydroxyl groups excluding tert-OH is 6. The highest BCUT2D eigenvalue weighted by Crippen LogP contribution is 2.34. The number of rotatable bonds is 13. The first-order chi connectivity index (χ1) is 23.7. The van der Waals surface area contributed by atoms with Crippen LogP contribution in [-0.2, 0) is 39.9 Å². The molecule has 4 rings (SSSR count). The fourth-order valence-corrected chi connectivity index (χ4v) is 5.31. The normalized spacial score (nSPS) is 29.6. The van der Waals surface area contributed by atoms with E-state index in [9.17, 15) is 50.1 Å². The van der Waals surface area contributed by atoms with E-state index in [1.54, 1.807) is 26.0 Å². The molecule has 276 valence electrons. The molecule has 0 aliphatic carbocycles. The summed E-state index contributed by atoms with van der Waals surface area (Å²) in [6, 6.07) is 9.87. The Morgan fingerprint density at radius 3 is 2.04 bits per heavy atom. The fraction of sp³-hybridized carbons (Fsp3) is 0.545. The maximum atomic E-state index is 13.4. The molecule has 17 heteroatoms. The van der Waals surface area contributed by atoms with Gasteiger partial charge in [0.1, 0.15) is 66.0 Å². The van der Waals surface area contributed by atoms with E-state index in [-0.39, 0.29) is 29.4 Å². The number of hydrogen-bond acceptors (Lipinski definition) is 17. The van der Waals surface area contributed by atoms with E-state index in [1.807, 2.05) is 0 Å². The van der Waals surface area contributed by atoms with Crippen LogP contribution >= 0.6 is 0 Å². The second-order valence-corrected chi connectivity index (χ2v) is 12.1. The van der Waals surface area contributed by atoms with Gasteiger partial charge in [0.05, 0.1) is 13.2 Å². The van der Waals surface area contributed by atoms with Gasteiger partial charge in [0, 0.05) is 18.9 Å². The largest absolute Gasteiger partial charge is 0.507 e. The van der Waals surface area contributed by atoms with Gasteiger partial charge < -0.3 is 68.9 Å². The topological polar surface area (TPSA) is 257 Å². The van der Waals surface area contributed by atoms with E-state index >= 15 is 0 Å². The van der Waals surface area contributed by atoms with Gasteiger partial charge in [0.15, 0.2) is 6.10 Å². The highest BCUT2D eigenvalue weighted by molar-refractivity contribution is 5.95. The summed E-state index contributed by atoms with van der Waals surface area (Å²) >= 11 is 0. The third kappa shape index (κ3) is 9.18. The Bertz CT molecular complexity index is 1460. The molecule has 7 N–H and O–H groups in total. The number of benzene rings is 2.